The van der Waals surface area contributed by atoms with Gasteiger partial charge in [-0.1, -0.05) is 20.3 Å². The van der Waals surface area contributed by atoms with Gasteiger partial charge in [0, 0.05) is 18.4 Å². The molecule has 0 amide bonds. The van der Waals surface area contributed by atoms with Gasteiger partial charge in [-0.15, -0.1) is 0 Å². The van der Waals surface area contributed by atoms with E-state index in [1.54, 1.807) is 13.3 Å². The van der Waals surface area contributed by atoms with Gasteiger partial charge in [0.15, 0.2) is 0 Å². The zero-order chi connectivity index (χ0) is 23.5. The SMILES string of the molecule is CC(=O)O[C@H]1[C@@H](n2cncn2)CC2C3CCC4C[C@@H](N5CCCCC5)CC[C@]4(C)C3CC[C@@]21C. The summed E-state index contributed by atoms with van der Waals surface area (Å²) in [5.74, 6) is 2.89. The van der Waals surface area contributed by atoms with E-state index in [1.807, 2.05) is 11.0 Å². The Labute approximate surface area is 205 Å². The Hall–Kier alpha value is -1.43. The lowest BCUT2D eigenvalue weighted by Crippen LogP contribution is -2.56. The van der Waals surface area contributed by atoms with Crippen molar-refractivity contribution in [1.29, 1.82) is 0 Å². The number of fused-ring (bicyclic) bond motifs is 5. The van der Waals surface area contributed by atoms with Gasteiger partial charge in [0.25, 0.3) is 0 Å². The molecule has 1 aromatic rings. The topological polar surface area (TPSA) is 60.3 Å². The van der Waals surface area contributed by atoms with Crippen molar-refractivity contribution in [2.75, 3.05) is 13.1 Å². The Morgan fingerprint density at radius 3 is 2.50 bits per heavy atom. The Morgan fingerprint density at radius 2 is 1.76 bits per heavy atom. The third-order valence-corrected chi connectivity index (χ3v) is 11.5. The van der Waals surface area contributed by atoms with Gasteiger partial charge in [-0.25, -0.2) is 9.67 Å². The van der Waals surface area contributed by atoms with Crippen molar-refractivity contribution >= 4 is 5.97 Å². The quantitative estimate of drug-likeness (QED) is 0.567. The average Bonchev–Trinajstić information content (AvgIpc) is 3.45. The van der Waals surface area contributed by atoms with Gasteiger partial charge in [0.2, 0.25) is 0 Å². The minimum atomic E-state index is -0.161. The first kappa shape index (κ1) is 23.0. The number of esters is 1. The molecule has 4 saturated carbocycles. The summed E-state index contributed by atoms with van der Waals surface area (Å²) in [6.45, 7) is 9.31. The number of rotatable bonds is 3. The first-order chi connectivity index (χ1) is 16.4. The van der Waals surface area contributed by atoms with Crippen molar-refractivity contribution in [3.05, 3.63) is 12.7 Å². The van der Waals surface area contributed by atoms with Crippen LogP contribution in [0.3, 0.4) is 0 Å². The van der Waals surface area contributed by atoms with Gasteiger partial charge in [-0.2, -0.15) is 5.10 Å². The predicted octanol–water partition coefficient (Wildman–Crippen LogP) is 5.26. The van der Waals surface area contributed by atoms with E-state index in [2.05, 4.69) is 28.8 Å². The zero-order valence-corrected chi connectivity index (χ0v) is 21.5. The summed E-state index contributed by atoms with van der Waals surface area (Å²) in [7, 11) is 0. The lowest BCUT2D eigenvalue weighted by Gasteiger charge is -2.61. The third kappa shape index (κ3) is 3.57. The first-order valence-electron chi connectivity index (χ1n) is 14.2. The maximum absolute atomic E-state index is 12.1. The number of aromatic nitrogens is 3. The second-order valence-corrected chi connectivity index (χ2v) is 12.9. The molecule has 6 heteroatoms. The Balaban J connectivity index is 1.24. The van der Waals surface area contributed by atoms with E-state index >= 15 is 0 Å². The fourth-order valence-electron chi connectivity index (χ4n) is 9.85. The van der Waals surface area contributed by atoms with Crippen LogP contribution in [0.2, 0.25) is 0 Å². The monoisotopic (exact) mass is 468 g/mol. The Bertz CT molecular complexity index is 883. The van der Waals surface area contributed by atoms with Crippen molar-refractivity contribution in [3.8, 4) is 0 Å². The lowest BCUT2D eigenvalue weighted by atomic mass is 9.45. The highest BCUT2D eigenvalue weighted by Gasteiger charge is 2.64. The van der Waals surface area contributed by atoms with E-state index in [9.17, 15) is 4.79 Å². The molecule has 0 radical (unpaired) electrons. The standard InChI is InChI=1S/C28H44N4O2/c1-19(33)34-26-25(32-18-29-17-30-32)16-24-22-8-7-20-15-21(31-13-5-4-6-14-31)9-11-27(20,2)23(22)10-12-28(24,26)3/h17-18,20-26H,4-16H2,1-3H3/t20?,21-,22?,23?,24?,25-,26-,27-,28-/m0/s1. The minimum absolute atomic E-state index is 0.0393. The summed E-state index contributed by atoms with van der Waals surface area (Å²) in [6.07, 6.45) is 18.1. The van der Waals surface area contributed by atoms with Crippen LogP contribution in [0, 0.1) is 34.5 Å². The average molecular weight is 469 g/mol. The molecule has 188 valence electrons. The maximum atomic E-state index is 12.1. The van der Waals surface area contributed by atoms with E-state index in [0.29, 0.717) is 11.3 Å². The van der Waals surface area contributed by atoms with Crippen LogP contribution >= 0.6 is 0 Å². The summed E-state index contributed by atoms with van der Waals surface area (Å²) in [5, 5.41) is 4.49. The van der Waals surface area contributed by atoms with E-state index in [4.69, 9.17) is 4.74 Å². The zero-order valence-electron chi connectivity index (χ0n) is 21.5. The Kier molecular flexibility index (Phi) is 5.82. The number of hydrogen-bond acceptors (Lipinski definition) is 5. The minimum Gasteiger partial charge on any atom is -0.460 e. The third-order valence-electron chi connectivity index (χ3n) is 11.5. The molecule has 1 aliphatic heterocycles. The van der Waals surface area contributed by atoms with Gasteiger partial charge < -0.3 is 9.64 Å². The number of hydrogen-bond donors (Lipinski definition) is 0. The molecule has 5 aliphatic rings. The number of likely N-dealkylation sites (tertiary alicyclic amines) is 1. The van der Waals surface area contributed by atoms with Crippen LogP contribution in [0.15, 0.2) is 12.7 Å². The van der Waals surface area contributed by atoms with E-state index in [0.717, 1.165) is 30.2 Å². The van der Waals surface area contributed by atoms with Gasteiger partial charge in [-0.05, 0) is 106 Å². The summed E-state index contributed by atoms with van der Waals surface area (Å²) < 4.78 is 8.06. The largest absolute Gasteiger partial charge is 0.460 e. The highest BCUT2D eigenvalue weighted by Crippen LogP contribution is 2.68. The Morgan fingerprint density at radius 1 is 0.971 bits per heavy atom. The van der Waals surface area contributed by atoms with Gasteiger partial charge in [0.05, 0.1) is 6.04 Å². The molecule has 4 aliphatic carbocycles. The molecule has 1 saturated heterocycles. The predicted molar refractivity (Wildman–Crippen MR) is 131 cm³/mol. The van der Waals surface area contributed by atoms with Gasteiger partial charge in [0.1, 0.15) is 18.8 Å². The molecule has 0 spiro atoms. The second-order valence-electron chi connectivity index (χ2n) is 12.9. The van der Waals surface area contributed by atoms with E-state index < -0.39 is 0 Å². The van der Waals surface area contributed by atoms with Crippen LogP contribution in [0.5, 0.6) is 0 Å². The van der Waals surface area contributed by atoms with Gasteiger partial charge in [-0.3, -0.25) is 4.79 Å². The van der Waals surface area contributed by atoms with Crippen LogP contribution in [0.4, 0.5) is 0 Å². The van der Waals surface area contributed by atoms with Crippen LogP contribution < -0.4 is 0 Å². The summed E-state index contributed by atoms with van der Waals surface area (Å²) in [4.78, 5) is 19.2. The molecule has 4 unspecified atom stereocenters. The number of carbonyl (C=O) groups excluding carboxylic acids is 1. The fourth-order valence-corrected chi connectivity index (χ4v) is 9.85. The van der Waals surface area contributed by atoms with Crippen LogP contribution in [-0.2, 0) is 9.53 Å². The number of piperidine rings is 1. The van der Waals surface area contributed by atoms with Crippen molar-refractivity contribution in [3.63, 3.8) is 0 Å². The van der Waals surface area contributed by atoms with Crippen molar-refractivity contribution in [1.82, 2.24) is 19.7 Å². The molecule has 6 nitrogen and oxygen atoms in total. The van der Waals surface area contributed by atoms with Crippen LogP contribution in [0.25, 0.3) is 0 Å². The van der Waals surface area contributed by atoms with Crippen LogP contribution in [-0.4, -0.2) is 50.9 Å². The molecule has 9 atom stereocenters. The highest BCUT2D eigenvalue weighted by atomic mass is 16.5. The van der Waals surface area contributed by atoms with Gasteiger partial charge >= 0.3 is 5.97 Å². The normalized spacial score (nSPS) is 46.9. The maximum Gasteiger partial charge on any atom is 0.302 e. The summed E-state index contributed by atoms with van der Waals surface area (Å²) in [6, 6.07) is 0.945. The molecular formula is C28H44N4O2. The number of ether oxygens (including phenoxy) is 1. The number of carbonyl (C=O) groups is 1. The fraction of sp³-hybridized carbons (Fsp3) is 0.893. The van der Waals surface area contributed by atoms with E-state index in [1.165, 1.54) is 77.3 Å². The molecule has 5 fully saturated rings. The number of nitrogens with zero attached hydrogens (tertiary/aromatic N) is 4. The molecule has 1 aromatic heterocycles. The molecule has 34 heavy (non-hydrogen) atoms. The smallest absolute Gasteiger partial charge is 0.302 e. The molecule has 2 heterocycles. The molecule has 0 bridgehead atoms. The van der Waals surface area contributed by atoms with Crippen LogP contribution in [0.1, 0.15) is 97.4 Å². The molecule has 6 rings (SSSR count). The highest BCUT2D eigenvalue weighted by molar-refractivity contribution is 5.66. The molecule has 0 N–H and O–H groups in total. The van der Waals surface area contributed by atoms with Crippen molar-refractivity contribution in [2.24, 2.45) is 34.5 Å². The molecule has 0 aromatic carbocycles. The summed E-state index contributed by atoms with van der Waals surface area (Å²) in [5.41, 5.74) is 0.524. The van der Waals surface area contributed by atoms with Crippen molar-refractivity contribution in [2.45, 2.75) is 110 Å². The lowest BCUT2D eigenvalue weighted by molar-refractivity contribution is -0.164. The second kappa shape index (κ2) is 8.60. The summed E-state index contributed by atoms with van der Waals surface area (Å²) >= 11 is 0. The molecular weight excluding hydrogens is 424 g/mol. The van der Waals surface area contributed by atoms with Crippen molar-refractivity contribution < 1.29 is 9.53 Å². The van der Waals surface area contributed by atoms with E-state index in [-0.39, 0.29) is 23.5 Å². The first-order valence-corrected chi connectivity index (χ1v) is 14.2.